The highest BCUT2D eigenvalue weighted by atomic mass is 24.3. The zero-order valence-corrected chi connectivity index (χ0v) is 6.05. The van der Waals surface area contributed by atoms with E-state index in [1.165, 1.54) is 0 Å². The fourth-order valence-corrected chi connectivity index (χ4v) is 0.670. The van der Waals surface area contributed by atoms with Gasteiger partial charge in [0.2, 0.25) is 0 Å². The Kier molecular flexibility index (Phi) is 5.07. The maximum absolute atomic E-state index is 4.96. The second-order valence-electron chi connectivity index (χ2n) is 1.80. The van der Waals surface area contributed by atoms with Crippen molar-refractivity contribution in [2.24, 2.45) is 0 Å². The van der Waals surface area contributed by atoms with E-state index in [9.17, 15) is 0 Å². The van der Waals surface area contributed by atoms with Crippen molar-refractivity contribution in [1.29, 1.82) is 0 Å². The van der Waals surface area contributed by atoms with E-state index < -0.39 is 0 Å². The first kappa shape index (κ1) is 10.6. The second-order valence-corrected chi connectivity index (χ2v) is 1.80. The monoisotopic (exact) mass is 163 g/mol. The average molecular weight is 163 g/mol. The van der Waals surface area contributed by atoms with Gasteiger partial charge in [-0.25, -0.2) is 0 Å². The molecule has 0 saturated carbocycles. The molecule has 0 amide bonds. The average Bonchev–Trinajstić information content (AvgIpc) is 2.05. The van der Waals surface area contributed by atoms with Crippen LogP contribution in [0.1, 0.15) is 0 Å². The first-order chi connectivity index (χ1) is 4.86. The topological polar surface area (TPSA) is 18.5 Å². The smallest absolute Gasteiger partial charge is 0.316 e. The van der Waals surface area contributed by atoms with E-state index in [0.717, 1.165) is 5.75 Å². The summed E-state index contributed by atoms with van der Waals surface area (Å²) in [5.74, 6) is 1.48. The Hall–Kier alpha value is -0.414. The molecule has 1 radical (unpaired) electrons. The van der Waals surface area contributed by atoms with Crippen molar-refractivity contribution in [3.05, 3.63) is 24.3 Å². The van der Waals surface area contributed by atoms with E-state index in [0.29, 0.717) is 5.75 Å². The Balaban J connectivity index is 0.000001000. The summed E-state index contributed by atoms with van der Waals surface area (Å²) in [6.07, 6.45) is 0. The third kappa shape index (κ3) is 2.99. The first-order valence-electron chi connectivity index (χ1n) is 2.96. The summed E-state index contributed by atoms with van der Waals surface area (Å²) >= 11 is 0. The van der Waals surface area contributed by atoms with E-state index in [-0.39, 0.29) is 23.1 Å². The van der Waals surface area contributed by atoms with E-state index in [4.69, 9.17) is 9.47 Å². The molecule has 1 aromatic rings. The molecule has 0 spiro atoms. The highest BCUT2D eigenvalue weighted by Crippen LogP contribution is 2.16. The van der Waals surface area contributed by atoms with Crippen LogP contribution in [0.4, 0.5) is 0 Å². The molecule has 2 nitrogen and oxygen atoms in total. The minimum atomic E-state index is 0. The van der Waals surface area contributed by atoms with Gasteiger partial charge in [0.25, 0.3) is 0 Å². The first-order valence-corrected chi connectivity index (χ1v) is 2.96. The van der Waals surface area contributed by atoms with Crippen molar-refractivity contribution in [3.8, 4) is 11.5 Å². The van der Waals surface area contributed by atoms with Crippen molar-refractivity contribution in [2.45, 2.75) is 0 Å². The molecule has 0 heterocycles. The van der Waals surface area contributed by atoms with Gasteiger partial charge in [-0.2, -0.15) is 0 Å². The van der Waals surface area contributed by atoms with Gasteiger partial charge < -0.3 is 9.47 Å². The van der Waals surface area contributed by atoms with Crippen LogP contribution < -0.4 is 9.47 Å². The Morgan fingerprint density at radius 3 is 2.55 bits per heavy atom. The molecule has 0 unspecified atom stereocenters. The highest BCUT2D eigenvalue weighted by Gasteiger charge is 1.92. The molecule has 0 aromatic heterocycles. The minimum absolute atomic E-state index is 0. The van der Waals surface area contributed by atoms with Crippen molar-refractivity contribution in [2.75, 3.05) is 14.2 Å². The summed E-state index contributed by atoms with van der Waals surface area (Å²) in [7, 11) is 3.22. The number of hydrogen-bond acceptors (Lipinski definition) is 2. The predicted octanol–water partition coefficient (Wildman–Crippen LogP) is 0.588. The van der Waals surface area contributed by atoms with E-state index in [1.54, 1.807) is 26.4 Å². The minimum Gasteiger partial charge on any atom is -0.497 e. The molecule has 1 rings (SSSR count). The van der Waals surface area contributed by atoms with Gasteiger partial charge in [0.15, 0.2) is 0 Å². The molecule has 0 bridgehead atoms. The molecule has 11 heavy (non-hydrogen) atoms. The van der Waals surface area contributed by atoms with Gasteiger partial charge in [-0.15, -0.1) is 0 Å². The van der Waals surface area contributed by atoms with Crippen LogP contribution in [-0.2, 0) is 0 Å². The predicted molar refractivity (Wildman–Crippen MR) is 46.9 cm³/mol. The van der Waals surface area contributed by atoms with Crippen molar-refractivity contribution in [1.82, 2.24) is 0 Å². The maximum atomic E-state index is 4.96. The molecule has 0 N–H and O–H groups in total. The molecule has 3 heteroatoms. The van der Waals surface area contributed by atoms with Crippen LogP contribution in [0.15, 0.2) is 18.2 Å². The SMILES string of the molecule is COc1[c]ccc(OC)c1.[MgH2]. The summed E-state index contributed by atoms with van der Waals surface area (Å²) in [4.78, 5) is 0. The zero-order chi connectivity index (χ0) is 7.40. The van der Waals surface area contributed by atoms with E-state index in [2.05, 4.69) is 6.07 Å². The van der Waals surface area contributed by atoms with Gasteiger partial charge >= 0.3 is 23.1 Å². The largest absolute Gasteiger partial charge is 0.497 e. The Labute approximate surface area is 82.7 Å². The second kappa shape index (κ2) is 5.26. The third-order valence-corrected chi connectivity index (χ3v) is 1.20. The number of methoxy groups -OCH3 is 2. The summed E-state index contributed by atoms with van der Waals surface area (Å²) in [5.41, 5.74) is 0. The van der Waals surface area contributed by atoms with Gasteiger partial charge in [0.1, 0.15) is 11.5 Å². The third-order valence-electron chi connectivity index (χ3n) is 1.20. The molecule has 0 aliphatic carbocycles. The number of hydrogen-bond donors (Lipinski definition) is 0. The van der Waals surface area contributed by atoms with Crippen LogP contribution in [0.2, 0.25) is 0 Å². The molecule has 0 aliphatic heterocycles. The standard InChI is InChI=1S/C8H9O2.Mg.2H/c1-9-7-4-3-5-8(6-7)10-2;;;/h3-4,6H,1-2H3;;;. The van der Waals surface area contributed by atoms with Gasteiger partial charge in [-0.3, -0.25) is 0 Å². The molecule has 0 fully saturated rings. The van der Waals surface area contributed by atoms with Crippen molar-refractivity contribution < 1.29 is 9.47 Å². The van der Waals surface area contributed by atoms with Crippen LogP contribution in [0.25, 0.3) is 0 Å². The van der Waals surface area contributed by atoms with Crippen LogP contribution in [0, 0.1) is 6.07 Å². The molecule has 0 aliphatic rings. The normalized spacial score (nSPS) is 8.18. The lowest BCUT2D eigenvalue weighted by molar-refractivity contribution is 0.394. The van der Waals surface area contributed by atoms with Crippen molar-refractivity contribution >= 4 is 23.1 Å². The maximum Gasteiger partial charge on any atom is 0.316 e. The van der Waals surface area contributed by atoms with Crippen LogP contribution in [0.5, 0.6) is 11.5 Å². The fraction of sp³-hybridized carbons (Fsp3) is 0.250. The lowest BCUT2D eigenvalue weighted by atomic mass is 10.3. The van der Waals surface area contributed by atoms with Crippen molar-refractivity contribution in [3.63, 3.8) is 0 Å². The summed E-state index contributed by atoms with van der Waals surface area (Å²) < 4.78 is 9.88. The molecular weight excluding hydrogens is 152 g/mol. The van der Waals surface area contributed by atoms with Gasteiger partial charge in [0, 0.05) is 12.1 Å². The van der Waals surface area contributed by atoms with Crippen LogP contribution in [0.3, 0.4) is 0 Å². The Morgan fingerprint density at radius 1 is 1.27 bits per heavy atom. The summed E-state index contributed by atoms with van der Waals surface area (Å²) in [5, 5.41) is 0. The van der Waals surface area contributed by atoms with Crippen LogP contribution in [-0.4, -0.2) is 37.3 Å². The van der Waals surface area contributed by atoms with E-state index >= 15 is 0 Å². The molecular formula is C8H11MgO2. The van der Waals surface area contributed by atoms with Gasteiger partial charge in [0.05, 0.1) is 14.2 Å². The molecule has 1 aromatic carbocycles. The number of rotatable bonds is 2. The lowest BCUT2D eigenvalue weighted by Crippen LogP contribution is -1.85. The quantitative estimate of drug-likeness (QED) is 0.594. The number of benzene rings is 1. The molecule has 0 atom stereocenters. The Morgan fingerprint density at radius 2 is 2.00 bits per heavy atom. The lowest BCUT2D eigenvalue weighted by Gasteiger charge is -2.00. The van der Waals surface area contributed by atoms with Crippen LogP contribution >= 0.6 is 0 Å². The summed E-state index contributed by atoms with van der Waals surface area (Å²) in [6.45, 7) is 0. The zero-order valence-electron chi connectivity index (χ0n) is 6.05. The fourth-order valence-electron chi connectivity index (χ4n) is 0.670. The Bertz CT molecular complexity index is 194. The number of ether oxygens (including phenoxy) is 2. The molecule has 0 saturated heterocycles. The van der Waals surface area contributed by atoms with E-state index in [1.807, 2.05) is 6.07 Å². The molecule has 57 valence electrons. The van der Waals surface area contributed by atoms with Gasteiger partial charge in [-0.05, 0) is 12.1 Å². The highest BCUT2D eigenvalue weighted by molar-refractivity contribution is 5.75. The van der Waals surface area contributed by atoms with Gasteiger partial charge in [-0.1, -0.05) is 0 Å². The summed E-state index contributed by atoms with van der Waals surface area (Å²) in [6, 6.07) is 8.25.